The number of aromatic nitrogens is 1. The van der Waals surface area contributed by atoms with Crippen LogP contribution in [0.1, 0.15) is 23.2 Å². The van der Waals surface area contributed by atoms with Gasteiger partial charge in [-0.15, -0.1) is 11.3 Å². The van der Waals surface area contributed by atoms with Crippen LogP contribution in [-0.2, 0) is 4.74 Å². The van der Waals surface area contributed by atoms with Crippen LogP contribution in [0.4, 0.5) is 0 Å². The maximum atomic E-state index is 12.6. The summed E-state index contributed by atoms with van der Waals surface area (Å²) < 4.78 is 6.29. The number of carbonyl (C=O) groups is 1. The summed E-state index contributed by atoms with van der Waals surface area (Å²) >= 11 is 1.57. The third kappa shape index (κ3) is 2.69. The van der Waals surface area contributed by atoms with E-state index in [0.29, 0.717) is 5.92 Å². The number of carbonyl (C=O) groups excluding carboxylic acids is 1. The minimum atomic E-state index is 0.126. The Morgan fingerprint density at radius 2 is 2.45 bits per heavy atom. The summed E-state index contributed by atoms with van der Waals surface area (Å²) in [5.41, 5.74) is 3.54. The molecule has 0 aliphatic carbocycles. The van der Waals surface area contributed by atoms with Crippen molar-refractivity contribution in [2.45, 2.75) is 12.8 Å². The molecule has 3 rings (SSSR count). The number of hydrogen-bond acceptors (Lipinski definition) is 4. The highest BCUT2D eigenvalue weighted by Gasteiger charge is 2.24. The molecule has 1 aromatic carbocycles. The van der Waals surface area contributed by atoms with Crippen molar-refractivity contribution in [3.63, 3.8) is 0 Å². The standard InChI is InChI=1S/C15H18N2O2S/c1-19-9-11-3-2-6-17(8-11)15(18)12-4-5-13-14(7-12)20-10-16-13/h4-5,7,10-11H,2-3,6,8-9H2,1H3. The Morgan fingerprint density at radius 3 is 3.30 bits per heavy atom. The van der Waals surface area contributed by atoms with Gasteiger partial charge in [0.1, 0.15) is 0 Å². The smallest absolute Gasteiger partial charge is 0.253 e. The Kier molecular flexibility index (Phi) is 3.98. The van der Waals surface area contributed by atoms with E-state index in [1.165, 1.54) is 0 Å². The van der Waals surface area contributed by atoms with E-state index in [2.05, 4.69) is 4.98 Å². The lowest BCUT2D eigenvalue weighted by atomic mass is 9.98. The van der Waals surface area contributed by atoms with Crippen LogP contribution < -0.4 is 0 Å². The number of piperidine rings is 1. The first-order chi connectivity index (χ1) is 9.78. The van der Waals surface area contributed by atoms with Gasteiger partial charge in [-0.25, -0.2) is 4.98 Å². The van der Waals surface area contributed by atoms with Gasteiger partial charge >= 0.3 is 0 Å². The molecule has 1 amide bonds. The van der Waals surface area contributed by atoms with Crippen molar-refractivity contribution in [3.05, 3.63) is 29.3 Å². The number of thiazole rings is 1. The summed E-state index contributed by atoms with van der Waals surface area (Å²) in [5.74, 6) is 0.589. The molecule has 5 heteroatoms. The molecule has 4 nitrogen and oxygen atoms in total. The number of nitrogens with zero attached hydrogens (tertiary/aromatic N) is 2. The van der Waals surface area contributed by atoms with E-state index in [0.717, 1.165) is 48.3 Å². The van der Waals surface area contributed by atoms with Crippen molar-refractivity contribution in [1.82, 2.24) is 9.88 Å². The van der Waals surface area contributed by atoms with E-state index < -0.39 is 0 Å². The predicted molar refractivity (Wildman–Crippen MR) is 80.1 cm³/mol. The Morgan fingerprint density at radius 1 is 1.55 bits per heavy atom. The van der Waals surface area contributed by atoms with Crippen LogP contribution in [0, 0.1) is 5.92 Å². The lowest BCUT2D eigenvalue weighted by Gasteiger charge is -2.32. The van der Waals surface area contributed by atoms with Crippen LogP contribution in [0.15, 0.2) is 23.7 Å². The van der Waals surface area contributed by atoms with Crippen molar-refractivity contribution >= 4 is 27.5 Å². The Bertz CT molecular complexity index is 609. The van der Waals surface area contributed by atoms with E-state index in [9.17, 15) is 4.79 Å². The second-order valence-electron chi connectivity index (χ2n) is 5.25. The van der Waals surface area contributed by atoms with Gasteiger partial charge in [0.05, 0.1) is 22.3 Å². The molecule has 106 valence electrons. The molecule has 0 N–H and O–H groups in total. The van der Waals surface area contributed by atoms with E-state index in [1.54, 1.807) is 18.4 Å². The highest BCUT2D eigenvalue weighted by atomic mass is 32.1. The van der Waals surface area contributed by atoms with Gasteiger partial charge in [0, 0.05) is 25.8 Å². The number of rotatable bonds is 3. The third-order valence-electron chi connectivity index (χ3n) is 3.79. The quantitative estimate of drug-likeness (QED) is 0.873. The van der Waals surface area contributed by atoms with Gasteiger partial charge in [-0.3, -0.25) is 4.79 Å². The molecule has 20 heavy (non-hydrogen) atoms. The molecule has 1 aliphatic rings. The van der Waals surface area contributed by atoms with Gasteiger partial charge in [-0.1, -0.05) is 0 Å². The van der Waals surface area contributed by atoms with Gasteiger partial charge in [0.2, 0.25) is 0 Å². The van der Waals surface area contributed by atoms with Crippen molar-refractivity contribution in [1.29, 1.82) is 0 Å². The first-order valence-corrected chi connectivity index (χ1v) is 7.77. The first-order valence-electron chi connectivity index (χ1n) is 6.89. The molecule has 1 fully saturated rings. The molecule has 1 aromatic heterocycles. The average Bonchev–Trinajstić information content (AvgIpc) is 2.94. The van der Waals surface area contributed by atoms with Crippen LogP contribution in [0.25, 0.3) is 10.2 Å². The van der Waals surface area contributed by atoms with Gasteiger partial charge in [-0.2, -0.15) is 0 Å². The molecule has 0 radical (unpaired) electrons. The fourth-order valence-electron chi connectivity index (χ4n) is 2.79. The monoisotopic (exact) mass is 290 g/mol. The van der Waals surface area contributed by atoms with Crippen molar-refractivity contribution in [2.75, 3.05) is 26.8 Å². The summed E-state index contributed by atoms with van der Waals surface area (Å²) in [6.07, 6.45) is 2.20. The van der Waals surface area contributed by atoms with E-state index in [4.69, 9.17) is 4.74 Å². The molecule has 0 bridgehead atoms. The summed E-state index contributed by atoms with van der Waals surface area (Å²) in [6, 6.07) is 5.76. The minimum Gasteiger partial charge on any atom is -0.384 e. The Labute approximate surface area is 122 Å². The van der Waals surface area contributed by atoms with Crippen LogP contribution >= 0.6 is 11.3 Å². The minimum absolute atomic E-state index is 0.126. The molecule has 0 spiro atoms. The second kappa shape index (κ2) is 5.89. The van der Waals surface area contributed by atoms with Gasteiger partial charge in [0.15, 0.2) is 0 Å². The highest BCUT2D eigenvalue weighted by molar-refractivity contribution is 7.16. The number of ether oxygens (including phenoxy) is 1. The molecule has 1 unspecified atom stereocenters. The fraction of sp³-hybridized carbons (Fsp3) is 0.467. The maximum absolute atomic E-state index is 12.6. The number of benzene rings is 1. The maximum Gasteiger partial charge on any atom is 0.253 e. The fourth-order valence-corrected chi connectivity index (χ4v) is 3.51. The third-order valence-corrected chi connectivity index (χ3v) is 4.58. The van der Waals surface area contributed by atoms with Gasteiger partial charge in [0.25, 0.3) is 5.91 Å². The molecule has 0 saturated carbocycles. The molecule has 1 atom stereocenters. The van der Waals surface area contributed by atoms with Crippen molar-refractivity contribution < 1.29 is 9.53 Å². The zero-order valence-electron chi connectivity index (χ0n) is 11.5. The summed E-state index contributed by atoms with van der Waals surface area (Å²) in [7, 11) is 1.72. The average molecular weight is 290 g/mol. The highest BCUT2D eigenvalue weighted by Crippen LogP contribution is 2.22. The van der Waals surface area contributed by atoms with Crippen molar-refractivity contribution in [2.24, 2.45) is 5.92 Å². The topological polar surface area (TPSA) is 42.4 Å². The normalized spacial score (nSPS) is 19.4. The molecule has 1 saturated heterocycles. The molecular formula is C15H18N2O2S. The lowest BCUT2D eigenvalue weighted by Crippen LogP contribution is -2.41. The number of amides is 1. The zero-order chi connectivity index (χ0) is 13.9. The molecule has 1 aliphatic heterocycles. The number of methoxy groups -OCH3 is 1. The molecular weight excluding hydrogens is 272 g/mol. The van der Waals surface area contributed by atoms with Gasteiger partial charge < -0.3 is 9.64 Å². The SMILES string of the molecule is COCC1CCCN(C(=O)c2ccc3ncsc3c2)C1. The summed E-state index contributed by atoms with van der Waals surface area (Å²) in [5, 5.41) is 0. The number of likely N-dealkylation sites (tertiary alicyclic amines) is 1. The van der Waals surface area contributed by atoms with Gasteiger partial charge in [-0.05, 0) is 37.0 Å². The second-order valence-corrected chi connectivity index (χ2v) is 6.14. The largest absolute Gasteiger partial charge is 0.384 e. The van der Waals surface area contributed by atoms with Crippen molar-refractivity contribution in [3.8, 4) is 0 Å². The Hall–Kier alpha value is -1.46. The lowest BCUT2D eigenvalue weighted by molar-refractivity contribution is 0.0571. The van der Waals surface area contributed by atoms with E-state index in [1.807, 2.05) is 28.6 Å². The van der Waals surface area contributed by atoms with Crippen LogP contribution in [-0.4, -0.2) is 42.6 Å². The summed E-state index contributed by atoms with van der Waals surface area (Å²) in [4.78, 5) is 18.8. The molecule has 2 heterocycles. The van der Waals surface area contributed by atoms with E-state index >= 15 is 0 Å². The molecule has 2 aromatic rings. The summed E-state index contributed by atoms with van der Waals surface area (Å²) in [6.45, 7) is 2.38. The Balaban J connectivity index is 1.77. The zero-order valence-corrected chi connectivity index (χ0v) is 12.4. The number of hydrogen-bond donors (Lipinski definition) is 0. The van der Waals surface area contributed by atoms with E-state index in [-0.39, 0.29) is 5.91 Å². The predicted octanol–water partition coefficient (Wildman–Crippen LogP) is 2.79. The van der Waals surface area contributed by atoms with Crippen LogP contribution in [0.5, 0.6) is 0 Å². The van der Waals surface area contributed by atoms with Crippen LogP contribution in [0.3, 0.4) is 0 Å². The number of fused-ring (bicyclic) bond motifs is 1. The first kappa shape index (κ1) is 13.5. The van der Waals surface area contributed by atoms with Crippen LogP contribution in [0.2, 0.25) is 0 Å².